The number of thiocarbonyl (C=S) groups is 1. The van der Waals surface area contributed by atoms with Crippen LogP contribution in [0.1, 0.15) is 15.9 Å². The molecule has 0 spiro atoms. The highest BCUT2D eigenvalue weighted by Crippen LogP contribution is 2.22. The lowest BCUT2D eigenvalue weighted by atomic mass is 10.2. The van der Waals surface area contributed by atoms with Crippen LogP contribution in [0.3, 0.4) is 0 Å². The van der Waals surface area contributed by atoms with Gasteiger partial charge in [0.15, 0.2) is 5.11 Å². The van der Waals surface area contributed by atoms with E-state index in [0.717, 1.165) is 11.6 Å². The van der Waals surface area contributed by atoms with Crippen molar-refractivity contribution < 1.29 is 9.72 Å². The Morgan fingerprint density at radius 3 is 2.62 bits per heavy atom. The maximum Gasteiger partial charge on any atom is 0.270 e. The highest BCUT2D eigenvalue weighted by molar-refractivity contribution is 7.80. The number of benzene rings is 2. The standard InChI is InChI=1S/C15H13ClN4O3S/c1-9-5-6-11(8-13(9)16)19(15(17)24)18-14(21)10-3-2-4-12(7-10)20(22)23/h2-8H,1H3,(H2,17,24)(H,18,21). The van der Waals surface area contributed by atoms with E-state index in [1.165, 1.54) is 23.2 Å². The second-order valence-corrected chi connectivity index (χ2v) is 5.68. The Morgan fingerprint density at radius 2 is 2.04 bits per heavy atom. The molecule has 2 aromatic rings. The van der Waals surface area contributed by atoms with Crippen molar-refractivity contribution in [1.82, 2.24) is 5.43 Å². The molecule has 24 heavy (non-hydrogen) atoms. The zero-order valence-electron chi connectivity index (χ0n) is 12.5. The van der Waals surface area contributed by atoms with Crippen LogP contribution in [-0.4, -0.2) is 15.9 Å². The van der Waals surface area contributed by atoms with Crippen molar-refractivity contribution >= 4 is 46.2 Å². The van der Waals surface area contributed by atoms with Gasteiger partial charge in [-0.1, -0.05) is 23.7 Å². The van der Waals surface area contributed by atoms with Gasteiger partial charge in [-0.05, 0) is 42.9 Å². The van der Waals surface area contributed by atoms with E-state index in [2.05, 4.69) is 5.43 Å². The smallest absolute Gasteiger partial charge is 0.270 e. The molecule has 0 aliphatic heterocycles. The topological polar surface area (TPSA) is 102 Å². The van der Waals surface area contributed by atoms with Crippen LogP contribution in [0.25, 0.3) is 0 Å². The van der Waals surface area contributed by atoms with Crippen molar-refractivity contribution in [2.45, 2.75) is 6.92 Å². The Morgan fingerprint density at radius 1 is 1.33 bits per heavy atom. The third kappa shape index (κ3) is 3.98. The molecule has 9 heteroatoms. The molecule has 3 N–H and O–H groups in total. The Bertz CT molecular complexity index is 828. The van der Waals surface area contributed by atoms with Gasteiger partial charge in [0, 0.05) is 22.7 Å². The molecule has 0 aliphatic carbocycles. The Balaban J connectivity index is 2.29. The molecule has 0 unspecified atom stereocenters. The van der Waals surface area contributed by atoms with E-state index in [9.17, 15) is 14.9 Å². The number of rotatable bonds is 3. The van der Waals surface area contributed by atoms with E-state index in [4.69, 9.17) is 29.6 Å². The molecule has 0 radical (unpaired) electrons. The minimum absolute atomic E-state index is 0.101. The van der Waals surface area contributed by atoms with E-state index >= 15 is 0 Å². The Kier molecular flexibility index (Phi) is 5.32. The van der Waals surface area contributed by atoms with Gasteiger partial charge < -0.3 is 5.73 Å². The fourth-order valence-electron chi connectivity index (χ4n) is 1.89. The largest absolute Gasteiger partial charge is 0.374 e. The average molecular weight is 365 g/mol. The van der Waals surface area contributed by atoms with Gasteiger partial charge in [0.1, 0.15) is 0 Å². The van der Waals surface area contributed by atoms with Crippen LogP contribution in [0.15, 0.2) is 42.5 Å². The zero-order valence-corrected chi connectivity index (χ0v) is 14.1. The molecule has 0 heterocycles. The summed E-state index contributed by atoms with van der Waals surface area (Å²) in [7, 11) is 0. The number of hydrazine groups is 1. The summed E-state index contributed by atoms with van der Waals surface area (Å²) < 4.78 is 0. The molecule has 2 rings (SSSR count). The van der Waals surface area contributed by atoms with Gasteiger partial charge in [-0.15, -0.1) is 0 Å². The third-order valence-electron chi connectivity index (χ3n) is 3.17. The number of nitro benzene ring substituents is 1. The minimum Gasteiger partial charge on any atom is -0.374 e. The molecule has 7 nitrogen and oxygen atoms in total. The van der Waals surface area contributed by atoms with Crippen molar-refractivity contribution in [2.24, 2.45) is 5.73 Å². The van der Waals surface area contributed by atoms with Crippen LogP contribution in [0.4, 0.5) is 11.4 Å². The van der Waals surface area contributed by atoms with Crippen molar-refractivity contribution in [2.75, 3.05) is 5.01 Å². The summed E-state index contributed by atoms with van der Waals surface area (Å²) in [6, 6.07) is 10.4. The van der Waals surface area contributed by atoms with E-state index in [1.54, 1.807) is 18.2 Å². The van der Waals surface area contributed by atoms with Gasteiger partial charge in [0.05, 0.1) is 10.6 Å². The molecule has 0 saturated carbocycles. The molecule has 0 aliphatic rings. The predicted molar refractivity (Wildman–Crippen MR) is 96.0 cm³/mol. The molecular weight excluding hydrogens is 352 g/mol. The normalized spacial score (nSPS) is 10.1. The van der Waals surface area contributed by atoms with Crippen LogP contribution in [-0.2, 0) is 0 Å². The lowest BCUT2D eigenvalue weighted by Gasteiger charge is -2.23. The highest BCUT2D eigenvalue weighted by Gasteiger charge is 2.17. The number of hydrogen-bond acceptors (Lipinski definition) is 4. The number of halogens is 1. The summed E-state index contributed by atoms with van der Waals surface area (Å²) in [5.74, 6) is -0.594. The number of aryl methyl sites for hydroxylation is 1. The molecule has 0 fully saturated rings. The first-order valence-corrected chi connectivity index (χ1v) is 7.49. The summed E-state index contributed by atoms with van der Waals surface area (Å²) in [6.07, 6.45) is 0. The Labute approximate surface area is 148 Å². The number of nitrogens with zero attached hydrogens (tertiary/aromatic N) is 2. The van der Waals surface area contributed by atoms with Crippen molar-refractivity contribution in [3.05, 3.63) is 68.7 Å². The number of anilines is 1. The number of nitrogens with two attached hydrogens (primary N) is 1. The first-order valence-electron chi connectivity index (χ1n) is 6.70. The number of nitrogens with one attached hydrogen (secondary N) is 1. The Hall–Kier alpha value is -2.71. The van der Waals surface area contributed by atoms with Crippen LogP contribution < -0.4 is 16.2 Å². The SMILES string of the molecule is Cc1ccc(N(NC(=O)c2cccc([N+](=O)[O-])c2)C(N)=S)cc1Cl. The number of amides is 1. The number of hydrogen-bond donors (Lipinski definition) is 2. The molecule has 0 saturated heterocycles. The van der Waals surface area contributed by atoms with Crippen LogP contribution in [0, 0.1) is 17.0 Å². The van der Waals surface area contributed by atoms with Gasteiger partial charge in [0.2, 0.25) is 0 Å². The van der Waals surface area contributed by atoms with Gasteiger partial charge >= 0.3 is 0 Å². The lowest BCUT2D eigenvalue weighted by molar-refractivity contribution is -0.384. The fraction of sp³-hybridized carbons (Fsp3) is 0.0667. The fourth-order valence-corrected chi connectivity index (χ4v) is 2.22. The monoisotopic (exact) mass is 364 g/mol. The maximum atomic E-state index is 12.3. The van der Waals surface area contributed by atoms with Gasteiger partial charge in [-0.25, -0.2) is 5.01 Å². The van der Waals surface area contributed by atoms with Crippen LogP contribution >= 0.6 is 23.8 Å². The number of non-ortho nitro benzene ring substituents is 1. The molecular formula is C15H13ClN4O3S. The molecule has 124 valence electrons. The number of carbonyl (C=O) groups is 1. The number of carbonyl (C=O) groups excluding carboxylic acids is 1. The summed E-state index contributed by atoms with van der Waals surface area (Å²) >= 11 is 11.0. The van der Waals surface area contributed by atoms with E-state index in [-0.39, 0.29) is 16.4 Å². The van der Waals surface area contributed by atoms with E-state index in [0.29, 0.717) is 10.7 Å². The molecule has 0 aromatic heterocycles. The lowest BCUT2D eigenvalue weighted by Crippen LogP contribution is -2.49. The summed E-state index contributed by atoms with van der Waals surface area (Å²) in [5.41, 5.74) is 9.39. The molecule has 2 aromatic carbocycles. The van der Waals surface area contributed by atoms with Crippen LogP contribution in [0.2, 0.25) is 5.02 Å². The molecule has 1 amide bonds. The predicted octanol–water partition coefficient (Wildman–Crippen LogP) is 2.95. The summed E-state index contributed by atoms with van der Waals surface area (Å²) in [6.45, 7) is 1.83. The van der Waals surface area contributed by atoms with Crippen molar-refractivity contribution in [3.8, 4) is 0 Å². The number of nitro groups is 1. The molecule has 0 bridgehead atoms. The second kappa shape index (κ2) is 7.24. The van der Waals surface area contributed by atoms with Crippen LogP contribution in [0.5, 0.6) is 0 Å². The quantitative estimate of drug-likeness (QED) is 0.493. The van der Waals surface area contributed by atoms with Gasteiger partial charge in [0.25, 0.3) is 11.6 Å². The van der Waals surface area contributed by atoms with E-state index in [1.807, 2.05) is 6.92 Å². The van der Waals surface area contributed by atoms with Crippen molar-refractivity contribution in [3.63, 3.8) is 0 Å². The maximum absolute atomic E-state index is 12.3. The first kappa shape index (κ1) is 17.6. The van der Waals surface area contributed by atoms with Gasteiger partial charge in [-0.2, -0.15) is 0 Å². The summed E-state index contributed by atoms with van der Waals surface area (Å²) in [4.78, 5) is 22.6. The van der Waals surface area contributed by atoms with Crippen molar-refractivity contribution in [1.29, 1.82) is 0 Å². The van der Waals surface area contributed by atoms with E-state index < -0.39 is 10.8 Å². The summed E-state index contributed by atoms with van der Waals surface area (Å²) in [5, 5.41) is 12.4. The first-order chi connectivity index (χ1) is 11.3. The average Bonchev–Trinajstić information content (AvgIpc) is 2.55. The zero-order chi connectivity index (χ0) is 17.9. The third-order valence-corrected chi connectivity index (χ3v) is 3.76. The van der Waals surface area contributed by atoms with Gasteiger partial charge in [-0.3, -0.25) is 20.3 Å². The minimum atomic E-state index is -0.594. The molecule has 0 atom stereocenters. The second-order valence-electron chi connectivity index (χ2n) is 4.86. The highest BCUT2D eigenvalue weighted by atomic mass is 35.5.